The van der Waals surface area contributed by atoms with E-state index in [2.05, 4.69) is 13.8 Å². The summed E-state index contributed by atoms with van der Waals surface area (Å²) >= 11 is 0. The van der Waals surface area contributed by atoms with Gasteiger partial charge in [0.1, 0.15) is 0 Å². The van der Waals surface area contributed by atoms with Crippen LogP contribution < -0.4 is 0 Å². The van der Waals surface area contributed by atoms with Gasteiger partial charge in [-0.25, -0.2) is 0 Å². The Hall–Kier alpha value is -0.130. The zero-order chi connectivity index (χ0) is 9.76. The molecule has 0 spiro atoms. The standard InChI is InChI=1S/C14H23/c1-10(2)6-14-7-11-3-12(8-14)5-13(4-11)9-14/h11-13H,3-9H2,1-2H3/q+1. The molecule has 0 radical (unpaired) electrons. The Bertz CT molecular complexity index is 185. The van der Waals surface area contributed by atoms with Crippen LogP contribution in [0.5, 0.6) is 0 Å². The zero-order valence-electron chi connectivity index (χ0n) is 9.68. The first kappa shape index (κ1) is 9.12. The van der Waals surface area contributed by atoms with Gasteiger partial charge in [-0.3, -0.25) is 0 Å². The minimum absolute atomic E-state index is 0.785. The molecule has 0 aliphatic heterocycles. The maximum atomic E-state index is 2.33. The van der Waals surface area contributed by atoms with E-state index >= 15 is 0 Å². The Morgan fingerprint density at radius 1 is 0.929 bits per heavy atom. The van der Waals surface area contributed by atoms with Crippen molar-refractivity contribution >= 4 is 0 Å². The van der Waals surface area contributed by atoms with Crippen LogP contribution in [0.15, 0.2) is 0 Å². The third-order valence-electron chi connectivity index (χ3n) is 4.89. The van der Waals surface area contributed by atoms with E-state index in [1.165, 1.54) is 6.42 Å². The third kappa shape index (κ3) is 1.38. The Labute approximate surface area is 88.5 Å². The lowest BCUT2D eigenvalue weighted by Crippen LogP contribution is -2.46. The molecule has 4 aliphatic rings. The van der Waals surface area contributed by atoms with Gasteiger partial charge in [0, 0.05) is 5.41 Å². The third-order valence-corrected chi connectivity index (χ3v) is 4.89. The maximum Gasteiger partial charge on any atom is 0.0950 e. The molecular formula is C14H23+. The van der Waals surface area contributed by atoms with Gasteiger partial charge < -0.3 is 0 Å². The van der Waals surface area contributed by atoms with Gasteiger partial charge in [-0.2, -0.15) is 0 Å². The molecule has 14 heavy (non-hydrogen) atoms. The molecule has 0 nitrogen and oxygen atoms in total. The molecule has 0 heterocycles. The second-order valence-electron chi connectivity index (χ2n) is 6.80. The van der Waals surface area contributed by atoms with Gasteiger partial charge in [0.2, 0.25) is 0 Å². The van der Waals surface area contributed by atoms with Gasteiger partial charge in [0.25, 0.3) is 0 Å². The van der Waals surface area contributed by atoms with Crippen molar-refractivity contribution in [3.63, 3.8) is 0 Å². The summed E-state index contributed by atoms with van der Waals surface area (Å²) in [6.45, 7) is 4.66. The van der Waals surface area contributed by atoms with Crippen molar-refractivity contribution in [2.75, 3.05) is 0 Å². The largest absolute Gasteiger partial charge is 0.0950 e. The summed E-state index contributed by atoms with van der Waals surface area (Å²) in [7, 11) is 0. The fourth-order valence-electron chi connectivity index (χ4n) is 5.26. The average molecular weight is 191 g/mol. The summed E-state index contributed by atoms with van der Waals surface area (Å²) in [5, 5.41) is 0. The van der Waals surface area contributed by atoms with E-state index in [1.54, 1.807) is 44.4 Å². The molecule has 4 bridgehead atoms. The Balaban J connectivity index is 1.80. The predicted octanol–water partition coefficient (Wildman–Crippen LogP) is 4.21. The van der Waals surface area contributed by atoms with Crippen LogP contribution in [0.2, 0.25) is 0 Å². The Kier molecular flexibility index (Phi) is 1.91. The molecule has 0 saturated heterocycles. The summed E-state index contributed by atoms with van der Waals surface area (Å²) < 4.78 is 0. The highest BCUT2D eigenvalue weighted by Crippen LogP contribution is 2.62. The Morgan fingerprint density at radius 2 is 1.36 bits per heavy atom. The SMILES string of the molecule is C[C+](C)CC12CC3CC(CC(C3)C1)C2. The highest BCUT2D eigenvalue weighted by molar-refractivity contribution is 5.04. The van der Waals surface area contributed by atoms with Crippen LogP contribution in [0.25, 0.3) is 0 Å². The van der Waals surface area contributed by atoms with Gasteiger partial charge in [-0.15, -0.1) is 0 Å². The van der Waals surface area contributed by atoms with Crippen molar-refractivity contribution in [2.45, 2.75) is 58.8 Å². The summed E-state index contributed by atoms with van der Waals surface area (Å²) in [5.74, 6) is 5.05. The fourth-order valence-corrected chi connectivity index (χ4v) is 5.26. The van der Waals surface area contributed by atoms with Crippen LogP contribution in [0.1, 0.15) is 58.8 Å². The Morgan fingerprint density at radius 3 is 1.71 bits per heavy atom. The van der Waals surface area contributed by atoms with Crippen LogP contribution in [0.4, 0.5) is 0 Å². The van der Waals surface area contributed by atoms with Crippen molar-refractivity contribution in [3.8, 4) is 0 Å². The maximum absolute atomic E-state index is 2.33. The van der Waals surface area contributed by atoms with Crippen LogP contribution in [-0.2, 0) is 0 Å². The van der Waals surface area contributed by atoms with Crippen molar-refractivity contribution in [1.29, 1.82) is 0 Å². The molecule has 4 saturated carbocycles. The van der Waals surface area contributed by atoms with Crippen LogP contribution in [0.3, 0.4) is 0 Å². The van der Waals surface area contributed by atoms with Crippen LogP contribution in [0, 0.1) is 29.1 Å². The number of hydrogen-bond donors (Lipinski definition) is 0. The summed E-state index contributed by atoms with van der Waals surface area (Å²) in [5.41, 5.74) is 0.785. The van der Waals surface area contributed by atoms with Crippen molar-refractivity contribution in [2.24, 2.45) is 23.2 Å². The van der Waals surface area contributed by atoms with E-state index in [4.69, 9.17) is 0 Å². The smallest absolute Gasteiger partial charge is 0.0475 e. The summed E-state index contributed by atoms with van der Waals surface area (Å²) in [4.78, 5) is 0. The minimum Gasteiger partial charge on any atom is -0.0475 e. The molecule has 4 aliphatic carbocycles. The molecule has 0 heteroatoms. The van der Waals surface area contributed by atoms with E-state index in [1.807, 2.05) is 0 Å². The van der Waals surface area contributed by atoms with E-state index in [0.717, 1.165) is 23.2 Å². The fraction of sp³-hybridized carbons (Fsp3) is 0.929. The zero-order valence-corrected chi connectivity index (χ0v) is 9.68. The lowest BCUT2D eigenvalue weighted by molar-refractivity contribution is -0.0547. The van der Waals surface area contributed by atoms with E-state index in [0.29, 0.717) is 0 Å². The summed E-state index contributed by atoms with van der Waals surface area (Å²) in [6, 6.07) is 0. The molecular weight excluding hydrogens is 168 g/mol. The van der Waals surface area contributed by atoms with Crippen molar-refractivity contribution in [3.05, 3.63) is 5.92 Å². The van der Waals surface area contributed by atoms with Gasteiger partial charge >= 0.3 is 0 Å². The van der Waals surface area contributed by atoms with Crippen molar-refractivity contribution in [1.82, 2.24) is 0 Å². The van der Waals surface area contributed by atoms with E-state index < -0.39 is 0 Å². The van der Waals surface area contributed by atoms with Crippen LogP contribution >= 0.6 is 0 Å². The quantitative estimate of drug-likeness (QED) is 0.574. The lowest BCUT2D eigenvalue weighted by Gasteiger charge is -2.55. The molecule has 0 N–H and O–H groups in total. The second-order valence-corrected chi connectivity index (χ2v) is 6.80. The molecule has 0 unspecified atom stereocenters. The van der Waals surface area contributed by atoms with Crippen LogP contribution in [-0.4, -0.2) is 0 Å². The number of rotatable bonds is 2. The first-order chi connectivity index (χ1) is 6.65. The normalized spacial score (nSPS) is 49.7. The number of hydrogen-bond acceptors (Lipinski definition) is 0. The average Bonchev–Trinajstić information content (AvgIpc) is 1.96. The van der Waals surface area contributed by atoms with E-state index in [-0.39, 0.29) is 0 Å². The molecule has 0 amide bonds. The topological polar surface area (TPSA) is 0 Å². The van der Waals surface area contributed by atoms with Gasteiger partial charge in [-0.1, -0.05) is 0 Å². The van der Waals surface area contributed by atoms with Gasteiger partial charge in [0.05, 0.1) is 26.2 Å². The van der Waals surface area contributed by atoms with E-state index in [9.17, 15) is 0 Å². The molecule has 78 valence electrons. The first-order valence-electron chi connectivity index (χ1n) is 6.44. The molecule has 4 rings (SSSR count). The first-order valence-corrected chi connectivity index (χ1v) is 6.44. The summed E-state index contributed by atoms with van der Waals surface area (Å²) in [6.07, 6.45) is 10.9. The predicted molar refractivity (Wildman–Crippen MR) is 59.8 cm³/mol. The molecule has 0 aromatic carbocycles. The molecule has 0 aromatic rings. The molecule has 4 fully saturated rings. The lowest BCUT2D eigenvalue weighted by atomic mass is 9.48. The highest BCUT2D eigenvalue weighted by Gasteiger charge is 2.52. The van der Waals surface area contributed by atoms with Gasteiger partial charge in [-0.05, 0) is 56.3 Å². The minimum atomic E-state index is 0.785. The highest BCUT2D eigenvalue weighted by atomic mass is 14.6. The molecule has 0 aromatic heterocycles. The second kappa shape index (κ2) is 2.93. The monoisotopic (exact) mass is 191 g/mol. The van der Waals surface area contributed by atoms with Gasteiger partial charge in [0.15, 0.2) is 0 Å². The van der Waals surface area contributed by atoms with Crippen molar-refractivity contribution < 1.29 is 0 Å². The molecule has 0 atom stereocenters.